The zero-order chi connectivity index (χ0) is 16.6. The number of benzene rings is 2. The number of hydrogen-bond acceptors (Lipinski definition) is 4. The van der Waals surface area contributed by atoms with Gasteiger partial charge in [-0.3, -0.25) is 5.10 Å². The molecule has 6 nitrogen and oxygen atoms in total. The minimum absolute atomic E-state index is 0.0325. The second-order valence-electron chi connectivity index (χ2n) is 4.91. The Labute approximate surface area is 138 Å². The monoisotopic (exact) mass is 351 g/mol. The van der Waals surface area contributed by atoms with Crippen LogP contribution in [0.25, 0.3) is 22.2 Å². The van der Waals surface area contributed by atoms with E-state index >= 15 is 0 Å². The summed E-state index contributed by atoms with van der Waals surface area (Å²) in [6, 6.07) is 9.82. The number of fused-ring (bicyclic) bond motifs is 1. The van der Waals surface area contributed by atoms with Crippen LogP contribution in [-0.4, -0.2) is 25.2 Å². The summed E-state index contributed by atoms with van der Waals surface area (Å²) < 4.78 is 28.5. The Kier molecular flexibility index (Phi) is 4.01. The lowest BCUT2D eigenvalue weighted by Gasteiger charge is -2.06. The zero-order valence-electron chi connectivity index (χ0n) is 12.2. The molecule has 0 unspecified atom stereocenters. The molecule has 3 aromatic rings. The summed E-state index contributed by atoms with van der Waals surface area (Å²) in [7, 11) is -3.78. The molecule has 0 aliphatic heterocycles. The molecule has 0 atom stereocenters. The number of hydrogen-bond donors (Lipinski definition) is 2. The molecule has 0 amide bonds. The van der Waals surface area contributed by atoms with Gasteiger partial charge in [-0.05, 0) is 31.2 Å². The summed E-state index contributed by atoms with van der Waals surface area (Å²) in [6.07, 6.45) is 0. The van der Waals surface area contributed by atoms with E-state index in [0.717, 1.165) is 10.9 Å². The van der Waals surface area contributed by atoms with E-state index in [1.165, 1.54) is 12.1 Å². The molecule has 8 heteroatoms. The largest absolute Gasteiger partial charge is 0.492 e. The first-order chi connectivity index (χ1) is 10.9. The third-order valence-electron chi connectivity index (χ3n) is 3.35. The van der Waals surface area contributed by atoms with Crippen molar-refractivity contribution in [3.05, 3.63) is 41.4 Å². The highest BCUT2D eigenvalue weighted by molar-refractivity contribution is 7.89. The number of rotatable bonds is 4. The van der Waals surface area contributed by atoms with Crippen LogP contribution in [0.1, 0.15) is 6.92 Å². The molecule has 3 N–H and O–H groups in total. The second-order valence-corrected chi connectivity index (χ2v) is 6.87. The topological polar surface area (TPSA) is 98.1 Å². The van der Waals surface area contributed by atoms with Crippen molar-refractivity contribution >= 4 is 32.5 Å². The fourth-order valence-electron chi connectivity index (χ4n) is 2.32. The van der Waals surface area contributed by atoms with Crippen molar-refractivity contribution in [1.82, 2.24) is 10.2 Å². The fourth-order valence-corrected chi connectivity index (χ4v) is 3.10. The predicted molar refractivity (Wildman–Crippen MR) is 89.1 cm³/mol. The van der Waals surface area contributed by atoms with E-state index in [0.29, 0.717) is 28.6 Å². The summed E-state index contributed by atoms with van der Waals surface area (Å²) in [5.41, 5.74) is 1.96. The predicted octanol–water partition coefficient (Wildman–Crippen LogP) is 2.93. The quantitative estimate of drug-likeness (QED) is 0.755. The number of ether oxygens (including phenoxy) is 1. The minimum atomic E-state index is -3.78. The van der Waals surface area contributed by atoms with Crippen LogP contribution in [0.3, 0.4) is 0 Å². The molecule has 0 spiro atoms. The van der Waals surface area contributed by atoms with E-state index < -0.39 is 10.0 Å². The molecule has 1 heterocycles. The van der Waals surface area contributed by atoms with Gasteiger partial charge in [0.15, 0.2) is 0 Å². The highest BCUT2D eigenvalue weighted by Crippen LogP contribution is 2.34. The molecule has 3 rings (SSSR count). The Balaban J connectivity index is 2.19. The molecule has 23 heavy (non-hydrogen) atoms. The molecule has 0 fully saturated rings. The Morgan fingerprint density at radius 3 is 2.78 bits per heavy atom. The van der Waals surface area contributed by atoms with Crippen molar-refractivity contribution in [2.75, 3.05) is 6.61 Å². The van der Waals surface area contributed by atoms with E-state index in [1.807, 2.05) is 6.92 Å². The lowest BCUT2D eigenvalue weighted by molar-refractivity contribution is 0.341. The molecule has 0 bridgehead atoms. The molecule has 120 valence electrons. The Morgan fingerprint density at radius 2 is 2.09 bits per heavy atom. The number of aromatic amines is 1. The molecule has 0 aliphatic carbocycles. The number of H-pyrrole nitrogens is 1. The molecule has 0 saturated carbocycles. The first kappa shape index (κ1) is 15.8. The Hall–Kier alpha value is -2.09. The Bertz CT molecular complexity index is 983. The van der Waals surface area contributed by atoms with E-state index in [9.17, 15) is 8.42 Å². The maximum atomic E-state index is 11.5. The van der Waals surface area contributed by atoms with Crippen molar-refractivity contribution in [3.63, 3.8) is 0 Å². The first-order valence-corrected chi connectivity index (χ1v) is 8.76. The van der Waals surface area contributed by atoms with Gasteiger partial charge in [0, 0.05) is 10.9 Å². The number of aromatic nitrogens is 2. The first-order valence-electron chi connectivity index (χ1n) is 6.84. The van der Waals surface area contributed by atoms with Crippen LogP contribution in [-0.2, 0) is 10.0 Å². The number of sulfonamides is 1. The third-order valence-corrected chi connectivity index (χ3v) is 4.56. The lowest BCUT2D eigenvalue weighted by Crippen LogP contribution is -2.11. The molecule has 0 aliphatic rings. The number of nitrogens with one attached hydrogen (secondary N) is 1. The van der Waals surface area contributed by atoms with Crippen LogP contribution in [0.15, 0.2) is 41.3 Å². The standard InChI is InChI=1S/C15H14ClN3O3S/c1-2-22-14-7-11-13(8-12(14)16)18-19-15(11)9-4-3-5-10(6-9)23(17,20)21/h3-8H,2H2,1H3,(H,18,19)(H2,17,20,21). The summed E-state index contributed by atoms with van der Waals surface area (Å²) in [6.45, 7) is 2.35. The van der Waals surface area contributed by atoms with Gasteiger partial charge >= 0.3 is 0 Å². The van der Waals surface area contributed by atoms with Crippen molar-refractivity contribution in [2.24, 2.45) is 5.14 Å². The van der Waals surface area contributed by atoms with E-state index in [1.54, 1.807) is 24.3 Å². The maximum Gasteiger partial charge on any atom is 0.238 e. The van der Waals surface area contributed by atoms with Crippen LogP contribution in [0.4, 0.5) is 0 Å². The molecular formula is C15H14ClN3O3S. The average molecular weight is 352 g/mol. The van der Waals surface area contributed by atoms with Crippen LogP contribution in [0.2, 0.25) is 5.02 Å². The summed E-state index contributed by atoms with van der Waals surface area (Å²) in [5.74, 6) is 0.548. The highest BCUT2D eigenvalue weighted by atomic mass is 35.5. The smallest absolute Gasteiger partial charge is 0.238 e. The summed E-state index contributed by atoms with van der Waals surface area (Å²) >= 11 is 6.15. The van der Waals surface area contributed by atoms with Gasteiger partial charge in [0.2, 0.25) is 10.0 Å². The van der Waals surface area contributed by atoms with Crippen molar-refractivity contribution in [2.45, 2.75) is 11.8 Å². The van der Waals surface area contributed by atoms with E-state index in [2.05, 4.69) is 10.2 Å². The Morgan fingerprint density at radius 1 is 1.30 bits per heavy atom. The van der Waals surface area contributed by atoms with Crippen LogP contribution >= 0.6 is 11.6 Å². The van der Waals surface area contributed by atoms with Gasteiger partial charge in [0.05, 0.1) is 22.0 Å². The molecule has 1 aromatic heterocycles. The second kappa shape index (κ2) is 5.84. The van der Waals surface area contributed by atoms with E-state index in [4.69, 9.17) is 21.5 Å². The molecular weight excluding hydrogens is 338 g/mol. The normalized spacial score (nSPS) is 11.8. The fraction of sp³-hybridized carbons (Fsp3) is 0.133. The number of nitrogens with two attached hydrogens (primary N) is 1. The van der Waals surface area contributed by atoms with Crippen molar-refractivity contribution in [3.8, 4) is 17.0 Å². The highest BCUT2D eigenvalue weighted by Gasteiger charge is 2.14. The van der Waals surface area contributed by atoms with Gasteiger partial charge in [-0.2, -0.15) is 5.10 Å². The lowest BCUT2D eigenvalue weighted by atomic mass is 10.1. The van der Waals surface area contributed by atoms with Crippen molar-refractivity contribution in [1.29, 1.82) is 0 Å². The third kappa shape index (κ3) is 3.03. The van der Waals surface area contributed by atoms with Crippen LogP contribution in [0.5, 0.6) is 5.75 Å². The van der Waals surface area contributed by atoms with Gasteiger partial charge in [0.1, 0.15) is 11.4 Å². The minimum Gasteiger partial charge on any atom is -0.492 e. The number of halogens is 1. The average Bonchev–Trinajstić information content (AvgIpc) is 2.90. The molecule has 2 aromatic carbocycles. The molecule has 0 radical (unpaired) electrons. The van der Waals surface area contributed by atoms with Crippen molar-refractivity contribution < 1.29 is 13.2 Å². The molecule has 0 saturated heterocycles. The number of primary sulfonamides is 1. The number of nitrogens with zero attached hydrogens (tertiary/aromatic N) is 1. The van der Waals surface area contributed by atoms with Gasteiger partial charge < -0.3 is 4.74 Å². The summed E-state index contributed by atoms with van der Waals surface area (Å²) in [5, 5.41) is 13.6. The zero-order valence-corrected chi connectivity index (χ0v) is 13.8. The maximum absolute atomic E-state index is 11.5. The van der Waals surface area contributed by atoms with Gasteiger partial charge in [-0.1, -0.05) is 23.7 Å². The summed E-state index contributed by atoms with van der Waals surface area (Å²) in [4.78, 5) is 0.0325. The van der Waals surface area contributed by atoms with Gasteiger partial charge in [-0.25, -0.2) is 13.6 Å². The van der Waals surface area contributed by atoms with Crippen LogP contribution in [0, 0.1) is 0 Å². The van der Waals surface area contributed by atoms with Gasteiger partial charge in [-0.15, -0.1) is 0 Å². The SMILES string of the molecule is CCOc1cc2c(-c3cccc(S(N)(=O)=O)c3)n[nH]c2cc1Cl. The van der Waals surface area contributed by atoms with E-state index in [-0.39, 0.29) is 4.90 Å². The van der Waals surface area contributed by atoms with Crippen LogP contribution < -0.4 is 9.88 Å². The van der Waals surface area contributed by atoms with Gasteiger partial charge in [0.25, 0.3) is 0 Å².